The molecule has 0 N–H and O–H groups in total. The Kier molecular flexibility index (Phi) is 6.86. The van der Waals surface area contributed by atoms with Crippen molar-refractivity contribution in [2.24, 2.45) is 0 Å². The van der Waals surface area contributed by atoms with E-state index < -0.39 is 16.6 Å². The Hall–Kier alpha value is -1.08. The van der Waals surface area contributed by atoms with Crippen LogP contribution in [-0.4, -0.2) is 22.4 Å². The van der Waals surface area contributed by atoms with Gasteiger partial charge in [-0.1, -0.05) is 54.0 Å². The van der Waals surface area contributed by atoms with Crippen LogP contribution >= 0.6 is 0 Å². The van der Waals surface area contributed by atoms with Gasteiger partial charge in [0.1, 0.15) is 17.3 Å². The number of benzene rings is 1. The molecular weight excluding hydrogens is 392 g/mol. The van der Waals surface area contributed by atoms with Crippen LogP contribution < -0.4 is 8.85 Å². The summed E-state index contributed by atoms with van der Waals surface area (Å²) in [4.78, 5) is 12.7. The molecule has 1 aromatic carbocycles. The van der Waals surface area contributed by atoms with Crippen LogP contribution in [0.25, 0.3) is 0 Å². The summed E-state index contributed by atoms with van der Waals surface area (Å²) in [6.07, 6.45) is 3.74. The molecule has 1 saturated carbocycles. The first kappa shape index (κ1) is 24.2. The van der Waals surface area contributed by atoms with E-state index in [1.807, 2.05) is 0 Å². The van der Waals surface area contributed by atoms with Gasteiger partial charge >= 0.3 is 0 Å². The number of ketones is 1. The molecule has 0 heterocycles. The highest BCUT2D eigenvalue weighted by Gasteiger charge is 2.41. The van der Waals surface area contributed by atoms with Gasteiger partial charge in [0.2, 0.25) is 16.6 Å². The molecule has 2 rings (SSSR count). The van der Waals surface area contributed by atoms with Crippen LogP contribution in [0.3, 0.4) is 0 Å². The lowest BCUT2D eigenvalue weighted by Crippen LogP contribution is -2.44. The predicted molar refractivity (Wildman–Crippen MR) is 128 cm³/mol. The summed E-state index contributed by atoms with van der Waals surface area (Å²) in [6.45, 7) is 22.6. The molecule has 1 aliphatic carbocycles. The van der Waals surface area contributed by atoms with Gasteiger partial charge in [-0.05, 0) is 55.2 Å². The zero-order chi connectivity index (χ0) is 22.3. The van der Waals surface area contributed by atoms with Crippen molar-refractivity contribution in [2.75, 3.05) is 0 Å². The molecule has 3 nitrogen and oxygen atoms in total. The molecule has 1 atom stereocenters. The second-order valence-corrected chi connectivity index (χ2v) is 21.1. The average molecular weight is 435 g/mol. The predicted octanol–water partition coefficient (Wildman–Crippen LogP) is 7.68. The summed E-state index contributed by atoms with van der Waals surface area (Å²) in [5.74, 6) is 2.06. The zero-order valence-corrected chi connectivity index (χ0v) is 22.4. The van der Waals surface area contributed by atoms with E-state index >= 15 is 0 Å². The van der Waals surface area contributed by atoms with Gasteiger partial charge < -0.3 is 8.85 Å². The Morgan fingerprint density at radius 1 is 0.862 bits per heavy atom. The summed E-state index contributed by atoms with van der Waals surface area (Å²) in [5, 5.41) is 0.225. The van der Waals surface area contributed by atoms with Crippen molar-refractivity contribution in [3.63, 3.8) is 0 Å². The van der Waals surface area contributed by atoms with Gasteiger partial charge in [-0.15, -0.1) is 0 Å². The summed E-state index contributed by atoms with van der Waals surface area (Å²) in [6, 6.07) is 6.22. The molecule has 1 fully saturated rings. The monoisotopic (exact) mass is 434 g/mol. The maximum atomic E-state index is 12.7. The van der Waals surface area contributed by atoms with Crippen molar-refractivity contribution >= 4 is 22.4 Å². The molecule has 0 aliphatic heterocycles. The lowest BCUT2D eigenvalue weighted by Gasteiger charge is -2.39. The lowest BCUT2D eigenvalue weighted by molar-refractivity contribution is -0.121. The summed E-state index contributed by atoms with van der Waals surface area (Å²) in [5.41, 5.74) is 1.06. The van der Waals surface area contributed by atoms with Crippen molar-refractivity contribution in [1.29, 1.82) is 0 Å². The smallest absolute Gasteiger partial charge is 0.250 e. The molecule has 1 unspecified atom stereocenters. The maximum absolute atomic E-state index is 12.7. The molecular formula is C24H42O3Si2. The van der Waals surface area contributed by atoms with Crippen molar-refractivity contribution < 1.29 is 13.6 Å². The number of Topliss-reactive ketones (excluding diaryl/α,β-unsaturated/α-hetero) is 1. The highest BCUT2D eigenvalue weighted by molar-refractivity contribution is 6.75. The highest BCUT2D eigenvalue weighted by Crippen LogP contribution is 2.44. The summed E-state index contributed by atoms with van der Waals surface area (Å²) < 4.78 is 13.3. The summed E-state index contributed by atoms with van der Waals surface area (Å²) >= 11 is 0. The van der Waals surface area contributed by atoms with Crippen LogP contribution in [0.5, 0.6) is 11.5 Å². The van der Waals surface area contributed by atoms with Gasteiger partial charge in [-0.2, -0.15) is 0 Å². The SMILES string of the molecule is CC(C)(C)[Si](C)(C)Oc1ccc(C2CCCCC2=O)c(O[Si](C)(C)C(C)(C)C)c1. The number of hydrogen-bond donors (Lipinski definition) is 0. The number of carbonyl (C=O) groups excluding carboxylic acids is 1. The van der Waals surface area contributed by atoms with Gasteiger partial charge in [0.05, 0.1) is 0 Å². The largest absolute Gasteiger partial charge is 0.543 e. The van der Waals surface area contributed by atoms with E-state index in [9.17, 15) is 4.79 Å². The van der Waals surface area contributed by atoms with E-state index in [0.29, 0.717) is 12.2 Å². The van der Waals surface area contributed by atoms with Crippen LogP contribution in [0, 0.1) is 0 Å². The first-order valence-corrected chi connectivity index (χ1v) is 16.9. The molecule has 0 radical (unpaired) electrons. The third-order valence-corrected chi connectivity index (χ3v) is 16.0. The molecule has 0 spiro atoms. The Morgan fingerprint density at radius 3 is 1.93 bits per heavy atom. The minimum Gasteiger partial charge on any atom is -0.543 e. The molecule has 1 aliphatic rings. The van der Waals surface area contributed by atoms with Crippen LogP contribution in [0.4, 0.5) is 0 Å². The first-order valence-electron chi connectivity index (χ1n) is 11.1. The lowest BCUT2D eigenvalue weighted by atomic mass is 9.82. The minimum atomic E-state index is -2.04. The van der Waals surface area contributed by atoms with E-state index in [-0.39, 0.29) is 16.0 Å². The number of hydrogen-bond acceptors (Lipinski definition) is 3. The first-order chi connectivity index (χ1) is 13.1. The molecule has 29 heavy (non-hydrogen) atoms. The topological polar surface area (TPSA) is 35.5 Å². The number of carbonyl (C=O) groups is 1. The minimum absolute atomic E-state index is 0.0366. The number of rotatable bonds is 5. The van der Waals surface area contributed by atoms with Gasteiger partial charge in [0.15, 0.2) is 0 Å². The Morgan fingerprint density at radius 2 is 1.41 bits per heavy atom. The van der Waals surface area contributed by atoms with Crippen LogP contribution in [-0.2, 0) is 4.79 Å². The Balaban J connectivity index is 2.48. The summed E-state index contributed by atoms with van der Waals surface area (Å²) in [7, 11) is -3.98. The Bertz CT molecular complexity index is 739. The standard InChI is InChI=1S/C24H42O3Si2/c1-23(2,3)28(7,8)26-18-15-16-20(19-13-11-12-14-21(19)25)22(17-18)27-29(9,10)24(4,5)6/h15-17,19H,11-14H2,1-10H3. The third kappa shape index (κ3) is 5.54. The fraction of sp³-hybridized carbons (Fsp3) is 0.708. The van der Waals surface area contributed by atoms with Crippen molar-refractivity contribution in [3.8, 4) is 11.5 Å². The van der Waals surface area contributed by atoms with E-state index in [0.717, 1.165) is 36.3 Å². The average Bonchev–Trinajstić information content (AvgIpc) is 2.53. The van der Waals surface area contributed by atoms with E-state index in [4.69, 9.17) is 8.85 Å². The molecule has 0 saturated heterocycles. The van der Waals surface area contributed by atoms with Crippen LogP contribution in [0.15, 0.2) is 18.2 Å². The Labute approximate surface area is 180 Å². The van der Waals surface area contributed by atoms with Crippen LogP contribution in [0.2, 0.25) is 36.3 Å². The highest BCUT2D eigenvalue weighted by atomic mass is 28.4. The van der Waals surface area contributed by atoms with Crippen LogP contribution in [0.1, 0.15) is 78.7 Å². The normalized spacial score (nSPS) is 19.2. The van der Waals surface area contributed by atoms with E-state index in [1.54, 1.807) is 0 Å². The van der Waals surface area contributed by atoms with Gasteiger partial charge in [-0.3, -0.25) is 4.79 Å². The second kappa shape index (κ2) is 8.22. The molecule has 0 bridgehead atoms. The zero-order valence-electron chi connectivity index (χ0n) is 20.4. The van der Waals surface area contributed by atoms with Crippen molar-refractivity contribution in [2.45, 2.75) is 109 Å². The molecule has 5 heteroatoms. The van der Waals surface area contributed by atoms with Gasteiger partial charge in [0, 0.05) is 24.0 Å². The quantitative estimate of drug-likeness (QED) is 0.446. The van der Waals surface area contributed by atoms with E-state index in [1.165, 1.54) is 0 Å². The van der Waals surface area contributed by atoms with E-state index in [2.05, 4.69) is 85.9 Å². The molecule has 0 amide bonds. The van der Waals surface area contributed by atoms with Crippen molar-refractivity contribution in [3.05, 3.63) is 23.8 Å². The van der Waals surface area contributed by atoms with Gasteiger partial charge in [-0.25, -0.2) is 0 Å². The third-order valence-electron chi connectivity index (χ3n) is 7.27. The fourth-order valence-corrected chi connectivity index (χ4v) is 5.20. The fourth-order valence-electron chi connectivity index (χ4n) is 3.14. The molecule has 164 valence electrons. The van der Waals surface area contributed by atoms with Gasteiger partial charge in [0.25, 0.3) is 0 Å². The molecule has 0 aromatic heterocycles. The maximum Gasteiger partial charge on any atom is 0.250 e. The second-order valence-electron chi connectivity index (χ2n) is 11.7. The van der Waals surface area contributed by atoms with Crippen molar-refractivity contribution in [1.82, 2.24) is 0 Å². The molecule has 1 aromatic rings.